The molecule has 1 aliphatic rings. The number of ether oxygens (including phenoxy) is 1. The normalized spacial score (nSPS) is 17.2. The number of thiophene rings is 1. The smallest absolute Gasteiger partial charge is 0.238 e. The average molecular weight is 359 g/mol. The lowest BCUT2D eigenvalue weighted by atomic mass is 10.1. The molecule has 1 fully saturated rings. The fraction of sp³-hybridized carbons (Fsp3) is 0.450. The van der Waals surface area contributed by atoms with E-state index in [1.165, 1.54) is 4.88 Å². The van der Waals surface area contributed by atoms with Gasteiger partial charge in [0.2, 0.25) is 5.91 Å². The Labute approximate surface area is 153 Å². The van der Waals surface area contributed by atoms with Crippen molar-refractivity contribution in [2.24, 2.45) is 0 Å². The summed E-state index contributed by atoms with van der Waals surface area (Å²) in [6.45, 7) is 6.90. The number of carbonyl (C=O) groups is 1. The highest BCUT2D eigenvalue weighted by Gasteiger charge is 2.21. The van der Waals surface area contributed by atoms with Crippen molar-refractivity contribution >= 4 is 22.9 Å². The SMILES string of the molecule is Cc1cc(C)cc(NC(=O)CN(Cc2cccs2)C[C@@H]2CCCO2)c1. The van der Waals surface area contributed by atoms with Gasteiger partial charge in [-0.25, -0.2) is 0 Å². The molecule has 0 radical (unpaired) electrons. The molecule has 1 saturated heterocycles. The van der Waals surface area contributed by atoms with Crippen molar-refractivity contribution in [1.29, 1.82) is 0 Å². The molecule has 1 aromatic carbocycles. The van der Waals surface area contributed by atoms with E-state index in [1.807, 2.05) is 26.0 Å². The first-order valence-corrected chi connectivity index (χ1v) is 9.71. The highest BCUT2D eigenvalue weighted by molar-refractivity contribution is 7.09. The Balaban J connectivity index is 1.62. The van der Waals surface area contributed by atoms with E-state index >= 15 is 0 Å². The Morgan fingerprint density at radius 1 is 1.32 bits per heavy atom. The molecule has 1 atom stereocenters. The zero-order valence-corrected chi connectivity index (χ0v) is 15.8. The van der Waals surface area contributed by atoms with Gasteiger partial charge in [0.25, 0.3) is 0 Å². The lowest BCUT2D eigenvalue weighted by molar-refractivity contribution is -0.117. The van der Waals surface area contributed by atoms with E-state index in [-0.39, 0.29) is 12.0 Å². The molecular weight excluding hydrogens is 332 g/mol. The summed E-state index contributed by atoms with van der Waals surface area (Å²) in [4.78, 5) is 16.0. The highest BCUT2D eigenvalue weighted by Crippen LogP contribution is 2.18. The molecule has 3 rings (SSSR count). The Hall–Kier alpha value is -1.69. The molecule has 0 saturated carbocycles. The minimum atomic E-state index is 0.0274. The summed E-state index contributed by atoms with van der Waals surface area (Å²) >= 11 is 1.73. The molecule has 4 nitrogen and oxygen atoms in total. The second-order valence-electron chi connectivity index (χ2n) is 6.81. The number of benzene rings is 1. The number of nitrogens with zero attached hydrogens (tertiary/aromatic N) is 1. The molecule has 1 aliphatic heterocycles. The van der Waals surface area contributed by atoms with E-state index in [2.05, 4.69) is 33.8 Å². The molecule has 5 heteroatoms. The van der Waals surface area contributed by atoms with Gasteiger partial charge in [0.15, 0.2) is 0 Å². The second-order valence-corrected chi connectivity index (χ2v) is 7.84. The van der Waals surface area contributed by atoms with Crippen molar-refractivity contribution in [2.75, 3.05) is 25.0 Å². The molecule has 2 heterocycles. The van der Waals surface area contributed by atoms with E-state index in [1.54, 1.807) is 11.3 Å². The zero-order valence-electron chi connectivity index (χ0n) is 15.0. The molecule has 2 aromatic rings. The van der Waals surface area contributed by atoms with E-state index in [9.17, 15) is 4.79 Å². The second kappa shape index (κ2) is 8.61. The first-order valence-electron chi connectivity index (χ1n) is 8.83. The van der Waals surface area contributed by atoms with Crippen molar-refractivity contribution in [3.63, 3.8) is 0 Å². The first kappa shape index (κ1) is 18.1. The van der Waals surface area contributed by atoms with Gasteiger partial charge < -0.3 is 10.1 Å². The summed E-state index contributed by atoms with van der Waals surface area (Å²) in [6.07, 6.45) is 2.44. The van der Waals surface area contributed by atoms with Crippen LogP contribution in [0.3, 0.4) is 0 Å². The third-order valence-corrected chi connectivity index (χ3v) is 5.18. The Bertz CT molecular complexity index is 673. The van der Waals surface area contributed by atoms with Crippen LogP contribution in [0.5, 0.6) is 0 Å². The van der Waals surface area contributed by atoms with Crippen molar-refractivity contribution in [3.8, 4) is 0 Å². The number of hydrogen-bond donors (Lipinski definition) is 1. The number of rotatable bonds is 7. The minimum Gasteiger partial charge on any atom is -0.377 e. The van der Waals surface area contributed by atoms with Gasteiger partial charge in [-0.3, -0.25) is 9.69 Å². The van der Waals surface area contributed by atoms with Crippen LogP contribution in [0.2, 0.25) is 0 Å². The number of amides is 1. The van der Waals surface area contributed by atoms with E-state index in [0.717, 1.165) is 49.4 Å². The van der Waals surface area contributed by atoms with Gasteiger partial charge in [-0.2, -0.15) is 0 Å². The number of carbonyl (C=O) groups excluding carboxylic acids is 1. The highest BCUT2D eigenvalue weighted by atomic mass is 32.1. The summed E-state index contributed by atoms with van der Waals surface area (Å²) in [5.74, 6) is 0.0274. The number of aryl methyl sites for hydroxylation is 2. The summed E-state index contributed by atoms with van der Waals surface area (Å²) in [5, 5.41) is 5.12. The molecule has 0 unspecified atom stereocenters. The fourth-order valence-electron chi connectivity index (χ4n) is 3.33. The standard InChI is InChI=1S/C20H26N2O2S/c1-15-9-16(2)11-17(10-15)21-20(23)14-22(12-18-5-3-7-24-18)13-19-6-4-8-25-19/h4,6,8-11,18H,3,5,7,12-14H2,1-2H3,(H,21,23)/t18-/m0/s1. The average Bonchev–Trinajstić information content (AvgIpc) is 3.19. The summed E-state index contributed by atoms with van der Waals surface area (Å²) in [5.41, 5.74) is 3.19. The first-order chi connectivity index (χ1) is 12.1. The lowest BCUT2D eigenvalue weighted by Crippen LogP contribution is -2.37. The molecule has 25 heavy (non-hydrogen) atoms. The van der Waals surface area contributed by atoms with E-state index in [0.29, 0.717) is 6.54 Å². The van der Waals surface area contributed by atoms with Crippen LogP contribution in [-0.4, -0.2) is 36.6 Å². The predicted molar refractivity (Wildman–Crippen MR) is 103 cm³/mol. The Morgan fingerprint density at radius 3 is 2.76 bits per heavy atom. The zero-order chi connectivity index (χ0) is 17.6. The Morgan fingerprint density at radius 2 is 2.12 bits per heavy atom. The van der Waals surface area contributed by atoms with Gasteiger partial charge >= 0.3 is 0 Å². The number of anilines is 1. The number of nitrogens with one attached hydrogen (secondary N) is 1. The summed E-state index contributed by atoms with van der Waals surface area (Å²) in [7, 11) is 0. The molecule has 134 valence electrons. The maximum absolute atomic E-state index is 12.6. The molecule has 0 spiro atoms. The van der Waals surface area contributed by atoms with Gasteiger partial charge in [0, 0.05) is 30.3 Å². The maximum Gasteiger partial charge on any atom is 0.238 e. The Kier molecular flexibility index (Phi) is 6.24. The van der Waals surface area contributed by atoms with Gasteiger partial charge in [-0.1, -0.05) is 12.1 Å². The maximum atomic E-state index is 12.6. The largest absolute Gasteiger partial charge is 0.377 e. The van der Waals surface area contributed by atoms with Crippen LogP contribution in [0.4, 0.5) is 5.69 Å². The van der Waals surface area contributed by atoms with E-state index < -0.39 is 0 Å². The van der Waals surface area contributed by atoms with Crippen molar-refractivity contribution in [2.45, 2.75) is 39.3 Å². The van der Waals surface area contributed by atoms with Gasteiger partial charge in [-0.15, -0.1) is 11.3 Å². The fourth-order valence-corrected chi connectivity index (χ4v) is 4.08. The van der Waals surface area contributed by atoms with Crippen LogP contribution in [0, 0.1) is 13.8 Å². The topological polar surface area (TPSA) is 41.6 Å². The van der Waals surface area contributed by atoms with Crippen molar-refractivity contribution in [3.05, 3.63) is 51.7 Å². The van der Waals surface area contributed by atoms with E-state index in [4.69, 9.17) is 4.74 Å². The minimum absolute atomic E-state index is 0.0274. The van der Waals surface area contributed by atoms with Crippen molar-refractivity contribution in [1.82, 2.24) is 4.90 Å². The molecule has 0 aliphatic carbocycles. The molecule has 1 aromatic heterocycles. The summed E-state index contributed by atoms with van der Waals surface area (Å²) < 4.78 is 5.76. The molecule has 1 amide bonds. The third-order valence-electron chi connectivity index (χ3n) is 4.32. The molecule has 1 N–H and O–H groups in total. The lowest BCUT2D eigenvalue weighted by Gasteiger charge is -2.24. The van der Waals surface area contributed by atoms with Crippen molar-refractivity contribution < 1.29 is 9.53 Å². The monoisotopic (exact) mass is 358 g/mol. The van der Waals surface area contributed by atoms with Gasteiger partial charge in [0.1, 0.15) is 0 Å². The number of hydrogen-bond acceptors (Lipinski definition) is 4. The predicted octanol–water partition coefficient (Wildman–Crippen LogP) is 3.98. The van der Waals surface area contributed by atoms with Gasteiger partial charge in [-0.05, 0) is 61.4 Å². The molecular formula is C20H26N2O2S. The van der Waals surface area contributed by atoms with Gasteiger partial charge in [0.05, 0.1) is 12.6 Å². The van der Waals surface area contributed by atoms with Crippen LogP contribution in [0.25, 0.3) is 0 Å². The molecule has 0 bridgehead atoms. The third kappa shape index (κ3) is 5.66. The van der Waals surface area contributed by atoms with Crippen LogP contribution in [0.15, 0.2) is 35.7 Å². The quantitative estimate of drug-likeness (QED) is 0.814. The summed E-state index contributed by atoms with van der Waals surface area (Å²) in [6, 6.07) is 10.3. The van der Waals surface area contributed by atoms with Crippen LogP contribution >= 0.6 is 11.3 Å². The van der Waals surface area contributed by atoms with Crippen LogP contribution in [-0.2, 0) is 16.1 Å². The van der Waals surface area contributed by atoms with Crippen LogP contribution < -0.4 is 5.32 Å². The van der Waals surface area contributed by atoms with Crippen LogP contribution in [0.1, 0.15) is 28.8 Å².